The van der Waals surface area contributed by atoms with E-state index >= 15 is 0 Å². The molecule has 0 aliphatic heterocycles. The Hall–Kier alpha value is -1.26. The normalized spacial score (nSPS) is 10.9. The number of hydrogen-bond donors (Lipinski definition) is 1. The van der Waals surface area contributed by atoms with E-state index in [4.69, 9.17) is 0 Å². The summed E-state index contributed by atoms with van der Waals surface area (Å²) in [5.41, 5.74) is 2.67. The minimum absolute atomic E-state index is 0.951. The molecule has 19 heavy (non-hydrogen) atoms. The molecular formula is C15H21N3S. The molecule has 0 amide bonds. The molecule has 0 atom stereocenters. The molecule has 1 heterocycles. The van der Waals surface area contributed by atoms with Gasteiger partial charge in [-0.1, -0.05) is 30.8 Å². The van der Waals surface area contributed by atoms with Gasteiger partial charge in [0, 0.05) is 24.7 Å². The van der Waals surface area contributed by atoms with Crippen molar-refractivity contribution in [1.29, 1.82) is 0 Å². The Balaban J connectivity index is 2.02. The van der Waals surface area contributed by atoms with Crippen molar-refractivity contribution >= 4 is 11.8 Å². The van der Waals surface area contributed by atoms with Gasteiger partial charge in [-0.3, -0.25) is 4.68 Å². The van der Waals surface area contributed by atoms with Crippen LogP contribution in [0.3, 0.4) is 0 Å². The van der Waals surface area contributed by atoms with Crippen molar-refractivity contribution in [3.8, 4) is 0 Å². The highest BCUT2D eigenvalue weighted by Gasteiger charge is 2.04. The van der Waals surface area contributed by atoms with Crippen LogP contribution >= 0.6 is 11.8 Å². The summed E-state index contributed by atoms with van der Waals surface area (Å²) in [7, 11) is 1.94. The van der Waals surface area contributed by atoms with Crippen LogP contribution in [-0.2, 0) is 13.6 Å². The molecule has 0 spiro atoms. The van der Waals surface area contributed by atoms with Crippen LogP contribution in [0.5, 0.6) is 0 Å². The van der Waals surface area contributed by atoms with Crippen molar-refractivity contribution in [1.82, 2.24) is 15.1 Å². The number of hydrogen-bond acceptors (Lipinski definition) is 3. The highest BCUT2D eigenvalue weighted by atomic mass is 32.2. The molecular weight excluding hydrogens is 254 g/mol. The molecule has 0 saturated heterocycles. The van der Waals surface area contributed by atoms with Gasteiger partial charge in [0.15, 0.2) is 0 Å². The van der Waals surface area contributed by atoms with Gasteiger partial charge in [-0.15, -0.1) is 0 Å². The summed E-state index contributed by atoms with van der Waals surface area (Å²) in [6.45, 7) is 6.38. The van der Waals surface area contributed by atoms with Crippen LogP contribution in [0.15, 0.2) is 40.4 Å². The fraction of sp³-hybridized carbons (Fsp3) is 0.400. The highest BCUT2D eigenvalue weighted by molar-refractivity contribution is 7.99. The van der Waals surface area contributed by atoms with Gasteiger partial charge >= 0.3 is 0 Å². The largest absolute Gasteiger partial charge is 0.313 e. The summed E-state index contributed by atoms with van der Waals surface area (Å²) in [4.78, 5) is 2.48. The first-order chi connectivity index (χ1) is 9.19. The summed E-state index contributed by atoms with van der Waals surface area (Å²) in [5, 5.41) is 7.63. The van der Waals surface area contributed by atoms with E-state index < -0.39 is 0 Å². The summed E-state index contributed by atoms with van der Waals surface area (Å²) in [6.07, 6.45) is 5.12. The lowest BCUT2D eigenvalue weighted by Crippen LogP contribution is -2.13. The lowest BCUT2D eigenvalue weighted by molar-refractivity contribution is 0.675. The number of aryl methyl sites for hydroxylation is 2. The van der Waals surface area contributed by atoms with Crippen LogP contribution in [0.1, 0.15) is 24.5 Å². The standard InChI is InChI=1S/C15H21N3S/c1-4-7-16-9-13-5-6-15(12(2)8-13)19-14-10-17-18(3)11-14/h5-6,8,10-11,16H,4,7,9H2,1-3H3. The number of nitrogens with zero attached hydrogens (tertiary/aromatic N) is 2. The molecule has 0 radical (unpaired) electrons. The fourth-order valence-electron chi connectivity index (χ4n) is 1.92. The Morgan fingerprint density at radius 3 is 2.84 bits per heavy atom. The number of aromatic nitrogens is 2. The molecule has 1 aromatic heterocycles. The average Bonchev–Trinajstić information content (AvgIpc) is 2.79. The van der Waals surface area contributed by atoms with Crippen LogP contribution in [0.25, 0.3) is 0 Å². The zero-order valence-corrected chi connectivity index (χ0v) is 12.6. The molecule has 0 aliphatic carbocycles. The molecule has 2 rings (SSSR count). The molecule has 2 aromatic rings. The average molecular weight is 275 g/mol. The topological polar surface area (TPSA) is 29.9 Å². The second-order valence-corrected chi connectivity index (χ2v) is 5.84. The Morgan fingerprint density at radius 1 is 1.37 bits per heavy atom. The maximum Gasteiger partial charge on any atom is 0.0629 e. The van der Waals surface area contributed by atoms with E-state index in [1.807, 2.05) is 24.1 Å². The molecule has 0 unspecified atom stereocenters. The van der Waals surface area contributed by atoms with E-state index in [9.17, 15) is 0 Å². The molecule has 0 saturated carbocycles. The van der Waals surface area contributed by atoms with Crippen molar-refractivity contribution in [3.63, 3.8) is 0 Å². The fourth-order valence-corrected chi connectivity index (χ4v) is 2.84. The zero-order chi connectivity index (χ0) is 13.7. The summed E-state index contributed by atoms with van der Waals surface area (Å²) in [5.74, 6) is 0. The lowest BCUT2D eigenvalue weighted by atomic mass is 10.1. The van der Waals surface area contributed by atoms with Crippen LogP contribution < -0.4 is 5.32 Å². The first kappa shape index (κ1) is 14.2. The molecule has 3 nitrogen and oxygen atoms in total. The van der Waals surface area contributed by atoms with Gasteiger partial charge in [-0.05, 0) is 37.1 Å². The SMILES string of the molecule is CCCNCc1ccc(Sc2cnn(C)c2)c(C)c1. The third-order valence-electron chi connectivity index (χ3n) is 2.90. The monoisotopic (exact) mass is 275 g/mol. The maximum atomic E-state index is 4.20. The molecule has 1 aromatic carbocycles. The molecule has 0 bridgehead atoms. The van der Waals surface area contributed by atoms with Crippen LogP contribution in [-0.4, -0.2) is 16.3 Å². The Morgan fingerprint density at radius 2 is 2.21 bits per heavy atom. The third kappa shape index (κ3) is 4.11. The Bertz CT molecular complexity index is 534. The Labute approximate surface area is 119 Å². The van der Waals surface area contributed by atoms with Crippen molar-refractivity contribution in [3.05, 3.63) is 41.7 Å². The first-order valence-corrected chi connectivity index (χ1v) is 7.47. The van der Waals surface area contributed by atoms with Crippen molar-refractivity contribution in [2.24, 2.45) is 7.05 Å². The summed E-state index contributed by atoms with van der Waals surface area (Å²) >= 11 is 1.77. The minimum Gasteiger partial charge on any atom is -0.313 e. The van der Waals surface area contributed by atoms with E-state index in [2.05, 4.69) is 42.5 Å². The van der Waals surface area contributed by atoms with Gasteiger partial charge in [0.2, 0.25) is 0 Å². The van der Waals surface area contributed by atoms with Gasteiger partial charge in [-0.25, -0.2) is 0 Å². The molecule has 102 valence electrons. The number of nitrogens with one attached hydrogen (secondary N) is 1. The number of benzene rings is 1. The first-order valence-electron chi connectivity index (χ1n) is 6.66. The number of rotatable bonds is 6. The van der Waals surface area contributed by atoms with Gasteiger partial charge < -0.3 is 5.32 Å². The molecule has 0 aliphatic rings. The van der Waals surface area contributed by atoms with Crippen LogP contribution in [0.2, 0.25) is 0 Å². The van der Waals surface area contributed by atoms with Crippen molar-refractivity contribution < 1.29 is 0 Å². The molecule has 1 N–H and O–H groups in total. The van der Waals surface area contributed by atoms with Gasteiger partial charge in [-0.2, -0.15) is 5.10 Å². The van der Waals surface area contributed by atoms with Gasteiger partial charge in [0.05, 0.1) is 11.1 Å². The third-order valence-corrected chi connectivity index (χ3v) is 4.03. The summed E-state index contributed by atoms with van der Waals surface area (Å²) in [6, 6.07) is 6.67. The quantitative estimate of drug-likeness (QED) is 0.820. The van der Waals surface area contributed by atoms with Gasteiger partial charge in [0.25, 0.3) is 0 Å². The van der Waals surface area contributed by atoms with Crippen LogP contribution in [0.4, 0.5) is 0 Å². The van der Waals surface area contributed by atoms with Crippen molar-refractivity contribution in [2.75, 3.05) is 6.54 Å². The molecule has 0 fully saturated rings. The highest BCUT2D eigenvalue weighted by Crippen LogP contribution is 2.30. The second-order valence-electron chi connectivity index (χ2n) is 4.73. The van der Waals surface area contributed by atoms with E-state index in [1.165, 1.54) is 27.3 Å². The van der Waals surface area contributed by atoms with E-state index in [0.717, 1.165) is 13.1 Å². The zero-order valence-electron chi connectivity index (χ0n) is 11.8. The van der Waals surface area contributed by atoms with Gasteiger partial charge in [0.1, 0.15) is 0 Å². The molecule has 4 heteroatoms. The lowest BCUT2D eigenvalue weighted by Gasteiger charge is -2.08. The predicted octanol–water partition coefficient (Wildman–Crippen LogP) is 3.38. The Kier molecular flexibility index (Phi) is 5.05. The smallest absolute Gasteiger partial charge is 0.0629 e. The maximum absolute atomic E-state index is 4.20. The van der Waals surface area contributed by atoms with E-state index in [-0.39, 0.29) is 0 Å². The van der Waals surface area contributed by atoms with Crippen LogP contribution in [0, 0.1) is 6.92 Å². The van der Waals surface area contributed by atoms with E-state index in [1.54, 1.807) is 11.8 Å². The van der Waals surface area contributed by atoms with Crippen molar-refractivity contribution in [2.45, 2.75) is 36.6 Å². The minimum atomic E-state index is 0.951. The van der Waals surface area contributed by atoms with E-state index in [0.29, 0.717) is 0 Å². The predicted molar refractivity (Wildman–Crippen MR) is 80.5 cm³/mol. The summed E-state index contributed by atoms with van der Waals surface area (Å²) < 4.78 is 1.83. The second kappa shape index (κ2) is 6.78.